The lowest BCUT2D eigenvalue weighted by Crippen LogP contribution is -2.52. The Bertz CT molecular complexity index is 837. The highest BCUT2D eigenvalue weighted by Crippen LogP contribution is 2.27. The number of ether oxygens (including phenoxy) is 3. The van der Waals surface area contributed by atoms with Crippen LogP contribution in [0.4, 0.5) is 0 Å². The highest BCUT2D eigenvalue weighted by Gasteiger charge is 2.35. The number of amides is 2. The predicted octanol–water partition coefficient (Wildman–Crippen LogP) is 1.82. The lowest BCUT2D eigenvalue weighted by molar-refractivity contribution is -0.152. The van der Waals surface area contributed by atoms with Gasteiger partial charge in [0.05, 0.1) is 36.0 Å². The van der Waals surface area contributed by atoms with E-state index in [1.165, 1.54) is 11.0 Å². The smallest absolute Gasteiger partial charge is 0.258 e. The van der Waals surface area contributed by atoms with E-state index < -0.39 is 6.04 Å². The zero-order chi connectivity index (χ0) is 21.8. The Morgan fingerprint density at radius 3 is 2.67 bits per heavy atom. The number of carbonyl (C=O) groups is 2. The molecule has 3 rings (SSSR count). The molecule has 0 spiro atoms. The molecule has 1 aromatic carbocycles. The number of hydrogen-bond donors (Lipinski definition) is 0. The fraction of sp³-hybridized carbons (Fsp3) is 0.591. The van der Waals surface area contributed by atoms with Crippen LogP contribution in [0.15, 0.2) is 18.2 Å². The van der Waals surface area contributed by atoms with E-state index in [1.54, 1.807) is 45.2 Å². The minimum atomic E-state index is -0.690. The van der Waals surface area contributed by atoms with Gasteiger partial charge < -0.3 is 24.0 Å². The van der Waals surface area contributed by atoms with E-state index in [1.807, 2.05) is 6.07 Å². The van der Waals surface area contributed by atoms with Gasteiger partial charge in [0.25, 0.3) is 5.91 Å². The SMILES string of the molecule is CO[C@H]1CC[C@@H]2CCOc3ccc(C#N)cc3C(=O)N(C)[C@@H](C)C(=O)N(C)C[C@H]1O2. The molecule has 0 aromatic heterocycles. The fourth-order valence-electron chi connectivity index (χ4n) is 3.98. The van der Waals surface area contributed by atoms with Crippen molar-refractivity contribution in [3.63, 3.8) is 0 Å². The van der Waals surface area contributed by atoms with Gasteiger partial charge in [0.1, 0.15) is 17.9 Å². The van der Waals surface area contributed by atoms with Gasteiger partial charge in [0.15, 0.2) is 0 Å². The van der Waals surface area contributed by atoms with Gasteiger partial charge >= 0.3 is 0 Å². The van der Waals surface area contributed by atoms with Crippen molar-refractivity contribution >= 4 is 11.8 Å². The first-order valence-corrected chi connectivity index (χ1v) is 10.2. The number of nitrogens with zero attached hydrogens (tertiary/aromatic N) is 3. The van der Waals surface area contributed by atoms with Crippen LogP contribution >= 0.6 is 0 Å². The summed E-state index contributed by atoms with van der Waals surface area (Å²) in [5.74, 6) is -0.153. The number of hydrogen-bond acceptors (Lipinski definition) is 6. The quantitative estimate of drug-likeness (QED) is 0.695. The van der Waals surface area contributed by atoms with Crippen LogP contribution in [0.2, 0.25) is 0 Å². The molecular weight excluding hydrogens is 386 g/mol. The number of rotatable bonds is 1. The molecule has 0 unspecified atom stereocenters. The molecule has 2 amide bonds. The number of likely N-dealkylation sites (N-methyl/N-ethyl adjacent to an activating group) is 2. The summed E-state index contributed by atoms with van der Waals surface area (Å²) in [4.78, 5) is 29.1. The number of nitriles is 1. The summed E-state index contributed by atoms with van der Waals surface area (Å²) < 4.78 is 17.7. The molecule has 162 valence electrons. The molecule has 2 bridgehead atoms. The van der Waals surface area contributed by atoms with Gasteiger partial charge in [0, 0.05) is 34.2 Å². The first kappa shape index (κ1) is 22.1. The molecule has 1 saturated heterocycles. The molecule has 8 nitrogen and oxygen atoms in total. The van der Waals surface area contributed by atoms with Crippen molar-refractivity contribution in [2.75, 3.05) is 34.4 Å². The second kappa shape index (κ2) is 9.45. The lowest BCUT2D eigenvalue weighted by atomic mass is 9.98. The van der Waals surface area contributed by atoms with E-state index in [2.05, 4.69) is 0 Å². The molecule has 1 aromatic rings. The summed E-state index contributed by atoms with van der Waals surface area (Å²) >= 11 is 0. The first-order valence-electron chi connectivity index (χ1n) is 10.2. The van der Waals surface area contributed by atoms with Crippen LogP contribution in [0, 0.1) is 11.3 Å². The van der Waals surface area contributed by atoms with Gasteiger partial charge in [-0.15, -0.1) is 0 Å². The summed E-state index contributed by atoms with van der Waals surface area (Å²) in [7, 11) is 4.96. The van der Waals surface area contributed by atoms with E-state index in [-0.39, 0.29) is 35.7 Å². The molecule has 1 fully saturated rings. The zero-order valence-corrected chi connectivity index (χ0v) is 18.0. The van der Waals surface area contributed by atoms with Crippen LogP contribution in [-0.4, -0.2) is 80.3 Å². The largest absolute Gasteiger partial charge is 0.493 e. The van der Waals surface area contributed by atoms with Crippen molar-refractivity contribution < 1.29 is 23.8 Å². The predicted molar refractivity (Wildman–Crippen MR) is 109 cm³/mol. The van der Waals surface area contributed by atoms with E-state index in [0.717, 1.165) is 12.8 Å². The van der Waals surface area contributed by atoms with Crippen molar-refractivity contribution in [3.05, 3.63) is 29.3 Å². The summed E-state index contributed by atoms with van der Waals surface area (Å²) in [6.45, 7) is 2.46. The Kier molecular flexibility index (Phi) is 6.95. The van der Waals surface area contributed by atoms with Crippen LogP contribution in [0.25, 0.3) is 0 Å². The Balaban J connectivity index is 1.94. The Morgan fingerprint density at radius 1 is 1.20 bits per heavy atom. The van der Waals surface area contributed by atoms with Crippen LogP contribution < -0.4 is 4.74 Å². The summed E-state index contributed by atoms with van der Waals surface area (Å²) in [5.41, 5.74) is 0.637. The van der Waals surface area contributed by atoms with Gasteiger partial charge in [-0.3, -0.25) is 9.59 Å². The molecule has 0 N–H and O–H groups in total. The second-order valence-corrected chi connectivity index (χ2v) is 7.92. The number of benzene rings is 1. The molecule has 0 radical (unpaired) electrons. The Morgan fingerprint density at radius 2 is 1.97 bits per heavy atom. The highest BCUT2D eigenvalue weighted by atomic mass is 16.5. The topological polar surface area (TPSA) is 92.1 Å². The number of carbonyl (C=O) groups excluding carboxylic acids is 2. The van der Waals surface area contributed by atoms with Crippen LogP contribution in [-0.2, 0) is 14.3 Å². The van der Waals surface area contributed by atoms with Gasteiger partial charge in [-0.05, 0) is 38.0 Å². The minimum absolute atomic E-state index is 0.00882. The average Bonchev–Trinajstić information content (AvgIpc) is 2.76. The third kappa shape index (κ3) is 4.58. The molecular formula is C22H29N3O5. The molecule has 0 aliphatic carbocycles. The van der Waals surface area contributed by atoms with Crippen LogP contribution in [0.1, 0.15) is 42.1 Å². The van der Waals surface area contributed by atoms with E-state index in [9.17, 15) is 14.9 Å². The summed E-state index contributed by atoms with van der Waals surface area (Å²) in [6.07, 6.45) is 2.03. The van der Waals surface area contributed by atoms with Crippen molar-refractivity contribution in [1.82, 2.24) is 9.80 Å². The highest BCUT2D eigenvalue weighted by molar-refractivity contribution is 5.99. The average molecular weight is 415 g/mol. The van der Waals surface area contributed by atoms with E-state index >= 15 is 0 Å². The van der Waals surface area contributed by atoms with E-state index in [0.29, 0.717) is 30.9 Å². The molecule has 30 heavy (non-hydrogen) atoms. The molecule has 2 aliphatic heterocycles. The van der Waals surface area contributed by atoms with Crippen molar-refractivity contribution in [2.24, 2.45) is 0 Å². The standard InChI is InChI=1S/C22H29N3O5/c1-14-21(26)24(2)13-20-19(28-4)8-6-16(30-20)9-10-29-18-7-5-15(12-23)11-17(18)22(27)25(14)3/h5,7,11,14,16,19-20H,6,8-10,13H2,1-4H3/t14-,16+,19-,20+/m0/s1. The summed E-state index contributed by atoms with van der Waals surface area (Å²) in [6, 6.07) is 6.12. The number of fused-ring (bicyclic) bond motifs is 3. The van der Waals surface area contributed by atoms with Crippen LogP contribution in [0.5, 0.6) is 5.75 Å². The lowest BCUT2D eigenvalue weighted by Gasteiger charge is -2.39. The molecule has 0 saturated carbocycles. The molecule has 2 heterocycles. The third-order valence-electron chi connectivity index (χ3n) is 5.98. The van der Waals surface area contributed by atoms with Gasteiger partial charge in [-0.2, -0.15) is 5.26 Å². The van der Waals surface area contributed by atoms with E-state index in [4.69, 9.17) is 14.2 Å². The fourth-order valence-corrected chi connectivity index (χ4v) is 3.98. The zero-order valence-electron chi connectivity index (χ0n) is 18.0. The maximum Gasteiger partial charge on any atom is 0.258 e. The number of methoxy groups -OCH3 is 1. The Hall–Kier alpha value is -2.63. The molecule has 8 heteroatoms. The Labute approximate surface area is 177 Å². The first-order chi connectivity index (χ1) is 14.3. The van der Waals surface area contributed by atoms with Crippen molar-refractivity contribution in [2.45, 2.75) is 50.5 Å². The monoisotopic (exact) mass is 415 g/mol. The molecule has 4 atom stereocenters. The van der Waals surface area contributed by atoms with Gasteiger partial charge in [0.2, 0.25) is 5.91 Å². The van der Waals surface area contributed by atoms with Gasteiger partial charge in [-0.25, -0.2) is 0 Å². The normalized spacial score (nSPS) is 28.2. The maximum absolute atomic E-state index is 13.2. The molecule has 2 aliphatic rings. The van der Waals surface area contributed by atoms with Crippen molar-refractivity contribution in [3.8, 4) is 11.8 Å². The van der Waals surface area contributed by atoms with Crippen molar-refractivity contribution in [1.29, 1.82) is 5.26 Å². The minimum Gasteiger partial charge on any atom is -0.493 e. The second-order valence-electron chi connectivity index (χ2n) is 7.92. The van der Waals surface area contributed by atoms with Gasteiger partial charge in [-0.1, -0.05) is 0 Å². The third-order valence-corrected chi connectivity index (χ3v) is 5.98. The summed E-state index contributed by atoms with van der Waals surface area (Å²) in [5, 5.41) is 9.23. The van der Waals surface area contributed by atoms with Crippen LogP contribution in [0.3, 0.4) is 0 Å². The maximum atomic E-state index is 13.2.